The summed E-state index contributed by atoms with van der Waals surface area (Å²) in [5, 5.41) is 0. The number of anilines is 2. The topological polar surface area (TPSA) is 49.3 Å². The molecule has 104 valence electrons. The van der Waals surface area contributed by atoms with Gasteiger partial charge in [0.05, 0.1) is 6.42 Å². The molecule has 0 saturated carbocycles. The number of hydrogen-bond acceptors (Lipinski definition) is 4. The first-order valence-corrected chi connectivity index (χ1v) is 6.52. The Kier molecular flexibility index (Phi) is 3.94. The lowest BCUT2D eigenvalue weighted by atomic mass is 10.00. The van der Waals surface area contributed by atoms with Gasteiger partial charge in [0.15, 0.2) is 0 Å². The molecule has 6 heteroatoms. The first kappa shape index (κ1) is 14.1. The zero-order chi connectivity index (χ0) is 12.7. The van der Waals surface area contributed by atoms with E-state index in [1.54, 1.807) is 18.1 Å². The van der Waals surface area contributed by atoms with Crippen molar-refractivity contribution in [3.63, 3.8) is 0 Å². The highest BCUT2D eigenvalue weighted by atomic mass is 35.5. The molecule has 0 aromatic carbocycles. The van der Waals surface area contributed by atoms with Crippen LogP contribution < -0.4 is 9.80 Å². The number of piperidine rings is 1. The number of amides is 1. The van der Waals surface area contributed by atoms with E-state index in [4.69, 9.17) is 0 Å². The molecule has 1 fully saturated rings. The summed E-state index contributed by atoms with van der Waals surface area (Å²) >= 11 is 0. The molecule has 1 aromatic heterocycles. The maximum absolute atomic E-state index is 11.6. The maximum atomic E-state index is 11.6. The van der Waals surface area contributed by atoms with E-state index in [1.165, 1.54) is 12.8 Å². The van der Waals surface area contributed by atoms with Gasteiger partial charge in [-0.15, -0.1) is 12.4 Å². The number of fused-ring (bicyclic) bond motifs is 1. The largest absolute Gasteiger partial charge is 0.341 e. The minimum atomic E-state index is 0. The Morgan fingerprint density at radius 1 is 1.32 bits per heavy atom. The molecule has 2 aliphatic rings. The van der Waals surface area contributed by atoms with E-state index in [2.05, 4.69) is 21.8 Å². The van der Waals surface area contributed by atoms with Gasteiger partial charge in [0.1, 0.15) is 5.82 Å². The van der Waals surface area contributed by atoms with Gasteiger partial charge in [-0.25, -0.2) is 4.98 Å². The normalized spacial score (nSPS) is 19.4. The Balaban J connectivity index is 0.00000133. The van der Waals surface area contributed by atoms with E-state index in [0.717, 1.165) is 36.3 Å². The molecule has 1 aromatic rings. The van der Waals surface area contributed by atoms with E-state index < -0.39 is 0 Å². The molecule has 1 amide bonds. The Labute approximate surface area is 119 Å². The monoisotopic (exact) mass is 282 g/mol. The Morgan fingerprint density at radius 3 is 2.68 bits per heavy atom. The summed E-state index contributed by atoms with van der Waals surface area (Å²) in [5.74, 6) is 2.44. The van der Waals surface area contributed by atoms with Crippen molar-refractivity contribution in [3.8, 4) is 0 Å². The van der Waals surface area contributed by atoms with Crippen LogP contribution in [0.1, 0.15) is 25.3 Å². The third-order valence-electron chi connectivity index (χ3n) is 3.93. The van der Waals surface area contributed by atoms with Crippen LogP contribution in [-0.2, 0) is 11.2 Å². The summed E-state index contributed by atoms with van der Waals surface area (Å²) < 4.78 is 0. The first-order chi connectivity index (χ1) is 8.65. The summed E-state index contributed by atoms with van der Waals surface area (Å²) in [7, 11) is 1.78. The highest BCUT2D eigenvalue weighted by molar-refractivity contribution is 5.99. The van der Waals surface area contributed by atoms with E-state index in [0.29, 0.717) is 6.42 Å². The van der Waals surface area contributed by atoms with Crippen molar-refractivity contribution in [1.29, 1.82) is 0 Å². The lowest BCUT2D eigenvalue weighted by Gasteiger charge is -2.30. The number of nitrogens with zero attached hydrogens (tertiary/aromatic N) is 4. The van der Waals surface area contributed by atoms with Crippen molar-refractivity contribution in [2.24, 2.45) is 5.92 Å². The fraction of sp³-hybridized carbons (Fsp3) is 0.615. The van der Waals surface area contributed by atoms with Gasteiger partial charge in [-0.3, -0.25) is 9.69 Å². The summed E-state index contributed by atoms with van der Waals surface area (Å²) in [4.78, 5) is 24.4. The van der Waals surface area contributed by atoms with Crippen LogP contribution in [-0.4, -0.2) is 36.0 Å². The lowest BCUT2D eigenvalue weighted by Crippen LogP contribution is -2.34. The molecule has 3 heterocycles. The molecule has 19 heavy (non-hydrogen) atoms. The molecule has 0 radical (unpaired) electrons. The second-order valence-electron chi connectivity index (χ2n) is 5.32. The summed E-state index contributed by atoms with van der Waals surface area (Å²) in [6, 6.07) is 0. The standard InChI is InChI=1S/C13H18N4O.ClH/c1-9-3-5-17(6-4-9)13-14-8-10-7-11(18)16(2)12(10)15-13;/h8-9H,3-7H2,1-2H3;1H. The molecular weight excluding hydrogens is 264 g/mol. The van der Waals surface area contributed by atoms with Gasteiger partial charge in [-0.05, 0) is 18.8 Å². The third-order valence-corrected chi connectivity index (χ3v) is 3.93. The Bertz CT molecular complexity index is 486. The number of aromatic nitrogens is 2. The fourth-order valence-corrected chi connectivity index (χ4v) is 2.56. The number of rotatable bonds is 1. The zero-order valence-electron chi connectivity index (χ0n) is 11.3. The second kappa shape index (κ2) is 5.33. The Hall–Kier alpha value is -1.36. The van der Waals surface area contributed by atoms with Gasteiger partial charge in [0, 0.05) is 31.9 Å². The second-order valence-corrected chi connectivity index (χ2v) is 5.32. The molecule has 0 N–H and O–H groups in total. The lowest BCUT2D eigenvalue weighted by molar-refractivity contribution is -0.117. The minimum absolute atomic E-state index is 0. The number of carbonyl (C=O) groups is 1. The van der Waals surface area contributed by atoms with Crippen molar-refractivity contribution in [3.05, 3.63) is 11.8 Å². The molecule has 0 bridgehead atoms. The van der Waals surface area contributed by atoms with E-state index in [-0.39, 0.29) is 18.3 Å². The van der Waals surface area contributed by atoms with Gasteiger partial charge in [0.25, 0.3) is 0 Å². The van der Waals surface area contributed by atoms with Crippen LogP contribution in [0, 0.1) is 5.92 Å². The summed E-state index contributed by atoms with van der Waals surface area (Å²) in [5.41, 5.74) is 0.941. The molecule has 0 atom stereocenters. The molecular formula is C13H19ClN4O. The number of carbonyl (C=O) groups excluding carboxylic acids is 1. The Morgan fingerprint density at radius 2 is 2.00 bits per heavy atom. The van der Waals surface area contributed by atoms with Crippen molar-refractivity contribution in [1.82, 2.24) is 9.97 Å². The highest BCUT2D eigenvalue weighted by Crippen LogP contribution is 2.27. The van der Waals surface area contributed by atoms with E-state index in [9.17, 15) is 4.79 Å². The third kappa shape index (κ3) is 2.52. The van der Waals surface area contributed by atoms with Gasteiger partial charge in [-0.2, -0.15) is 4.98 Å². The van der Waals surface area contributed by atoms with E-state index in [1.807, 2.05) is 0 Å². The van der Waals surface area contributed by atoms with Gasteiger partial charge < -0.3 is 4.90 Å². The van der Waals surface area contributed by atoms with E-state index >= 15 is 0 Å². The van der Waals surface area contributed by atoms with Crippen LogP contribution in [0.4, 0.5) is 11.8 Å². The molecule has 1 saturated heterocycles. The van der Waals surface area contributed by atoms with Crippen molar-refractivity contribution in [2.75, 3.05) is 29.9 Å². The molecule has 0 spiro atoms. The van der Waals surface area contributed by atoms with Crippen LogP contribution in [0.2, 0.25) is 0 Å². The average molecular weight is 283 g/mol. The van der Waals surface area contributed by atoms with Gasteiger partial charge in [-0.1, -0.05) is 6.92 Å². The minimum Gasteiger partial charge on any atom is -0.341 e. The number of likely N-dealkylation sites (N-methyl/N-ethyl adjacent to an activating group) is 1. The predicted octanol–water partition coefficient (Wildman–Crippen LogP) is 1.65. The molecule has 0 aliphatic carbocycles. The fourth-order valence-electron chi connectivity index (χ4n) is 2.56. The average Bonchev–Trinajstić information content (AvgIpc) is 2.66. The van der Waals surface area contributed by atoms with Crippen LogP contribution in [0.3, 0.4) is 0 Å². The maximum Gasteiger partial charge on any atom is 0.232 e. The number of halogens is 1. The van der Waals surface area contributed by atoms with Crippen molar-refractivity contribution >= 4 is 30.1 Å². The molecule has 3 rings (SSSR count). The van der Waals surface area contributed by atoms with Crippen LogP contribution in [0.5, 0.6) is 0 Å². The molecule has 5 nitrogen and oxygen atoms in total. The summed E-state index contributed by atoms with van der Waals surface area (Å²) in [6.07, 6.45) is 4.62. The summed E-state index contributed by atoms with van der Waals surface area (Å²) in [6.45, 7) is 4.31. The van der Waals surface area contributed by atoms with Gasteiger partial charge in [0.2, 0.25) is 11.9 Å². The van der Waals surface area contributed by atoms with Crippen LogP contribution in [0.15, 0.2) is 6.20 Å². The SMILES string of the molecule is CC1CCN(c2ncc3c(n2)N(C)C(=O)C3)CC1.Cl. The highest BCUT2D eigenvalue weighted by Gasteiger charge is 2.27. The molecule has 2 aliphatic heterocycles. The van der Waals surface area contributed by atoms with Crippen molar-refractivity contribution < 1.29 is 4.79 Å². The zero-order valence-corrected chi connectivity index (χ0v) is 12.1. The predicted molar refractivity (Wildman–Crippen MR) is 77.0 cm³/mol. The van der Waals surface area contributed by atoms with Crippen LogP contribution >= 0.6 is 12.4 Å². The molecule has 0 unspecified atom stereocenters. The van der Waals surface area contributed by atoms with Gasteiger partial charge >= 0.3 is 0 Å². The van der Waals surface area contributed by atoms with Crippen molar-refractivity contribution in [2.45, 2.75) is 26.2 Å². The first-order valence-electron chi connectivity index (χ1n) is 6.52. The number of hydrogen-bond donors (Lipinski definition) is 0. The van der Waals surface area contributed by atoms with Crippen LogP contribution in [0.25, 0.3) is 0 Å². The smallest absolute Gasteiger partial charge is 0.232 e. The quantitative estimate of drug-likeness (QED) is 0.786.